The average Bonchev–Trinajstić information content (AvgIpc) is 2.67. The second-order valence-corrected chi connectivity index (χ2v) is 5.87. The van der Waals surface area contributed by atoms with E-state index in [2.05, 4.69) is 0 Å². The van der Waals surface area contributed by atoms with Crippen molar-refractivity contribution in [3.8, 4) is 17.2 Å². The van der Waals surface area contributed by atoms with Crippen LogP contribution in [0, 0.1) is 10.1 Å². The molecule has 3 rings (SSSR count). The largest absolute Gasteiger partial charge is 0.489 e. The number of ether oxygens (including phenoxy) is 2. The summed E-state index contributed by atoms with van der Waals surface area (Å²) in [7, 11) is 0. The molecular formula is C21H17NO5. The highest BCUT2D eigenvalue weighted by atomic mass is 16.6. The smallest absolute Gasteiger partial charge is 0.269 e. The molecule has 6 nitrogen and oxygen atoms in total. The summed E-state index contributed by atoms with van der Waals surface area (Å²) in [6.07, 6.45) is 0. The summed E-state index contributed by atoms with van der Waals surface area (Å²) in [6.45, 7) is 1.89. The lowest BCUT2D eigenvalue weighted by atomic mass is 10.1. The van der Waals surface area contributed by atoms with E-state index >= 15 is 0 Å². The molecule has 0 aliphatic rings. The zero-order valence-corrected chi connectivity index (χ0v) is 14.6. The predicted octanol–water partition coefficient (Wildman–Crippen LogP) is 5.17. The van der Waals surface area contributed by atoms with Crippen molar-refractivity contribution in [1.29, 1.82) is 0 Å². The van der Waals surface area contributed by atoms with E-state index in [1.165, 1.54) is 19.1 Å². The molecule has 3 aromatic rings. The van der Waals surface area contributed by atoms with Crippen molar-refractivity contribution in [2.75, 3.05) is 0 Å². The van der Waals surface area contributed by atoms with Gasteiger partial charge in [0.2, 0.25) is 0 Å². The van der Waals surface area contributed by atoms with Crippen molar-refractivity contribution in [3.63, 3.8) is 0 Å². The van der Waals surface area contributed by atoms with Gasteiger partial charge in [-0.25, -0.2) is 0 Å². The third-order valence-corrected chi connectivity index (χ3v) is 3.85. The second-order valence-electron chi connectivity index (χ2n) is 5.87. The molecule has 0 saturated heterocycles. The lowest BCUT2D eigenvalue weighted by Crippen LogP contribution is -1.97. The number of benzene rings is 3. The summed E-state index contributed by atoms with van der Waals surface area (Å²) in [5.74, 6) is 1.72. The van der Waals surface area contributed by atoms with Gasteiger partial charge in [-0.1, -0.05) is 30.3 Å². The minimum Gasteiger partial charge on any atom is -0.489 e. The average molecular weight is 363 g/mol. The lowest BCUT2D eigenvalue weighted by Gasteiger charge is -2.10. The van der Waals surface area contributed by atoms with Crippen LogP contribution >= 0.6 is 0 Å². The van der Waals surface area contributed by atoms with Crippen molar-refractivity contribution in [3.05, 3.63) is 94.0 Å². The number of hydrogen-bond acceptors (Lipinski definition) is 5. The Hall–Kier alpha value is -3.67. The molecule has 0 amide bonds. The molecule has 0 spiro atoms. The van der Waals surface area contributed by atoms with Gasteiger partial charge in [-0.3, -0.25) is 14.9 Å². The number of hydrogen-bond donors (Lipinski definition) is 0. The van der Waals surface area contributed by atoms with Gasteiger partial charge in [0.1, 0.15) is 23.9 Å². The monoisotopic (exact) mass is 363 g/mol. The molecule has 6 heteroatoms. The van der Waals surface area contributed by atoms with E-state index in [4.69, 9.17) is 9.47 Å². The van der Waals surface area contributed by atoms with Crippen molar-refractivity contribution in [2.45, 2.75) is 13.5 Å². The number of Topliss-reactive ketones (excluding diaryl/α,β-unsaturated/α-hetero) is 1. The summed E-state index contributed by atoms with van der Waals surface area (Å²) in [5.41, 5.74) is 1.62. The number of rotatable bonds is 7. The molecule has 0 aromatic heterocycles. The Morgan fingerprint density at radius 3 is 2.22 bits per heavy atom. The van der Waals surface area contributed by atoms with Crippen molar-refractivity contribution >= 4 is 11.5 Å². The molecule has 136 valence electrons. The van der Waals surface area contributed by atoms with Crippen LogP contribution in [0.4, 0.5) is 5.69 Å². The highest BCUT2D eigenvalue weighted by Gasteiger charge is 2.06. The van der Waals surface area contributed by atoms with Gasteiger partial charge >= 0.3 is 0 Å². The fourth-order valence-electron chi connectivity index (χ4n) is 2.40. The summed E-state index contributed by atoms with van der Waals surface area (Å²) < 4.78 is 11.5. The zero-order valence-electron chi connectivity index (χ0n) is 14.6. The van der Waals surface area contributed by atoms with Crippen LogP contribution in [0.25, 0.3) is 0 Å². The zero-order chi connectivity index (χ0) is 19.2. The maximum absolute atomic E-state index is 11.3. The van der Waals surface area contributed by atoms with Crippen LogP contribution in [-0.4, -0.2) is 10.7 Å². The highest BCUT2D eigenvalue weighted by molar-refractivity contribution is 5.93. The van der Waals surface area contributed by atoms with Crippen LogP contribution in [0.2, 0.25) is 0 Å². The molecule has 0 heterocycles. The second kappa shape index (κ2) is 8.14. The minimum atomic E-state index is -0.457. The van der Waals surface area contributed by atoms with Crippen LogP contribution in [0.5, 0.6) is 17.2 Å². The van der Waals surface area contributed by atoms with E-state index in [-0.39, 0.29) is 11.5 Å². The quantitative estimate of drug-likeness (QED) is 0.329. The first kappa shape index (κ1) is 18.1. The Balaban J connectivity index is 1.63. The van der Waals surface area contributed by atoms with E-state index in [1.807, 2.05) is 18.2 Å². The van der Waals surface area contributed by atoms with Gasteiger partial charge < -0.3 is 9.47 Å². The van der Waals surface area contributed by atoms with Crippen molar-refractivity contribution in [2.24, 2.45) is 0 Å². The van der Waals surface area contributed by atoms with E-state index in [1.54, 1.807) is 42.5 Å². The first-order valence-corrected chi connectivity index (χ1v) is 8.26. The van der Waals surface area contributed by atoms with E-state index in [0.717, 1.165) is 5.56 Å². The molecule has 0 fully saturated rings. The maximum Gasteiger partial charge on any atom is 0.269 e. The molecule has 0 unspecified atom stereocenters. The topological polar surface area (TPSA) is 78.7 Å². The molecule has 0 aliphatic carbocycles. The van der Waals surface area contributed by atoms with E-state index in [0.29, 0.717) is 29.4 Å². The van der Waals surface area contributed by atoms with Gasteiger partial charge in [0, 0.05) is 23.8 Å². The van der Waals surface area contributed by atoms with Gasteiger partial charge in [0.25, 0.3) is 5.69 Å². The van der Waals surface area contributed by atoms with Gasteiger partial charge in [-0.15, -0.1) is 0 Å². The number of nitrogens with zero attached hydrogens (tertiary/aromatic N) is 1. The highest BCUT2D eigenvalue weighted by Crippen LogP contribution is 2.27. The number of non-ortho nitro benzene ring substituents is 1. The van der Waals surface area contributed by atoms with E-state index < -0.39 is 4.92 Å². The first-order chi connectivity index (χ1) is 13.0. The Labute approximate surface area is 156 Å². The molecule has 0 N–H and O–H groups in total. The number of nitro groups is 1. The fraction of sp³-hybridized carbons (Fsp3) is 0.0952. The van der Waals surface area contributed by atoms with Crippen LogP contribution in [-0.2, 0) is 6.61 Å². The Morgan fingerprint density at radius 1 is 0.926 bits per heavy atom. The predicted molar refractivity (Wildman–Crippen MR) is 100 cm³/mol. The number of carbonyl (C=O) groups excluding carboxylic acids is 1. The molecule has 0 aliphatic heterocycles. The minimum absolute atomic E-state index is 0.00947. The molecule has 27 heavy (non-hydrogen) atoms. The fourth-order valence-corrected chi connectivity index (χ4v) is 2.40. The third kappa shape index (κ3) is 4.92. The lowest BCUT2D eigenvalue weighted by molar-refractivity contribution is -0.384. The normalized spacial score (nSPS) is 10.3. The van der Waals surface area contributed by atoms with Gasteiger partial charge in [-0.2, -0.15) is 0 Å². The Kier molecular flexibility index (Phi) is 5.47. The molecule has 0 saturated carbocycles. The number of nitro benzene ring substituents is 1. The maximum atomic E-state index is 11.3. The summed E-state index contributed by atoms with van der Waals surface area (Å²) >= 11 is 0. The van der Waals surface area contributed by atoms with Crippen LogP contribution < -0.4 is 9.47 Å². The van der Waals surface area contributed by atoms with Crippen LogP contribution in [0.3, 0.4) is 0 Å². The van der Waals surface area contributed by atoms with E-state index in [9.17, 15) is 14.9 Å². The van der Waals surface area contributed by atoms with Gasteiger partial charge in [0.15, 0.2) is 5.78 Å². The summed E-state index contributed by atoms with van der Waals surface area (Å²) in [5, 5.41) is 10.7. The molecular weight excluding hydrogens is 346 g/mol. The standard InChI is InChI=1S/C21H17NO5/c1-15(23)17-7-5-16(6-8-17)14-26-20-3-2-4-21(13-20)27-19-11-9-18(10-12-19)22(24)25/h2-13H,14H2,1H3. The van der Waals surface area contributed by atoms with Gasteiger partial charge in [-0.05, 0) is 36.8 Å². The SMILES string of the molecule is CC(=O)c1ccc(COc2cccc(Oc3ccc([N+](=O)[O-])cc3)c2)cc1. The first-order valence-electron chi connectivity index (χ1n) is 8.26. The third-order valence-electron chi connectivity index (χ3n) is 3.85. The number of ketones is 1. The Bertz CT molecular complexity index is 949. The van der Waals surface area contributed by atoms with Crippen molar-refractivity contribution < 1.29 is 19.2 Å². The van der Waals surface area contributed by atoms with Crippen LogP contribution in [0.15, 0.2) is 72.8 Å². The van der Waals surface area contributed by atoms with Gasteiger partial charge in [0.05, 0.1) is 4.92 Å². The van der Waals surface area contributed by atoms with Crippen LogP contribution in [0.1, 0.15) is 22.8 Å². The summed E-state index contributed by atoms with van der Waals surface area (Å²) in [4.78, 5) is 21.5. The van der Waals surface area contributed by atoms with Crippen molar-refractivity contribution in [1.82, 2.24) is 0 Å². The molecule has 0 atom stereocenters. The number of carbonyl (C=O) groups is 1. The Morgan fingerprint density at radius 2 is 1.59 bits per heavy atom. The summed E-state index contributed by atoms with van der Waals surface area (Å²) in [6, 6.07) is 20.3. The molecule has 0 radical (unpaired) electrons. The molecule has 3 aromatic carbocycles. The molecule has 0 bridgehead atoms.